The number of primary amides is 1. The zero-order valence-electron chi connectivity index (χ0n) is 23.6. The monoisotopic (exact) mass is 630 g/mol. The molecule has 0 bridgehead atoms. The number of carbonyl (C=O) groups excluding carboxylic acids is 1. The van der Waals surface area contributed by atoms with Crippen molar-refractivity contribution in [3.63, 3.8) is 0 Å². The number of alkyl halides is 2. The number of nitrogens with two attached hydrogens (primary N) is 1. The third kappa shape index (κ3) is 5.88. The number of aromatic nitrogens is 2. The molecule has 15 heteroatoms. The van der Waals surface area contributed by atoms with Crippen LogP contribution >= 0.6 is 0 Å². The molecular formula is C29H32F2N6O6S. The smallest absolute Gasteiger partial charge is 0.293 e. The van der Waals surface area contributed by atoms with Crippen LogP contribution in [0.3, 0.4) is 0 Å². The van der Waals surface area contributed by atoms with Gasteiger partial charge in [0.1, 0.15) is 36.4 Å². The number of rotatable bonds is 12. The van der Waals surface area contributed by atoms with Crippen LogP contribution in [-0.2, 0) is 14.6 Å². The van der Waals surface area contributed by atoms with Crippen LogP contribution in [0.1, 0.15) is 12.8 Å². The zero-order chi connectivity index (χ0) is 31.5. The first kappa shape index (κ1) is 31.1. The molecule has 2 unspecified atom stereocenters. The highest BCUT2D eigenvalue weighted by Crippen LogP contribution is 2.41. The normalized spacial score (nSPS) is 21.1. The third-order valence-electron chi connectivity index (χ3n) is 8.13. The molecule has 1 aliphatic carbocycles. The Bertz CT molecular complexity index is 1700. The molecule has 2 atom stereocenters. The molecule has 4 N–H and O–H groups in total. The fraction of sp³-hybridized carbons (Fsp3) is 0.379. The standard InChI is InChI=1S/C29H32F2N6O6S/c30-15-21(16-31)36-11-7-19(8-12-36)17-34-25-5-4-23(14-26(25)37(39)40)44(41,42)29(9-2-1-3-24(29)27(32)38)43-22-13-20-6-10-33-28(20)35-18-22/h1-6,9-10,13-14,18-19,21,24,34H,7-8,11-12,15-17H2,(H2,32,38)(H,33,35). The summed E-state index contributed by atoms with van der Waals surface area (Å²) in [6.45, 7) is -0.184. The number of pyridine rings is 1. The van der Waals surface area contributed by atoms with Crippen LogP contribution in [-0.4, -0.2) is 78.1 Å². The van der Waals surface area contributed by atoms with Crippen LogP contribution in [0.25, 0.3) is 11.0 Å². The Morgan fingerprint density at radius 1 is 1.23 bits per heavy atom. The summed E-state index contributed by atoms with van der Waals surface area (Å²) < 4.78 is 60.8. The number of sulfone groups is 1. The minimum absolute atomic E-state index is 0.0371. The van der Waals surface area contributed by atoms with Gasteiger partial charge in [0, 0.05) is 24.2 Å². The Morgan fingerprint density at radius 2 is 1.98 bits per heavy atom. The van der Waals surface area contributed by atoms with Gasteiger partial charge in [-0.2, -0.15) is 0 Å². The first-order valence-corrected chi connectivity index (χ1v) is 15.5. The second kappa shape index (κ2) is 12.7. The molecule has 0 saturated carbocycles. The van der Waals surface area contributed by atoms with Crippen molar-refractivity contribution in [2.45, 2.75) is 28.7 Å². The van der Waals surface area contributed by atoms with E-state index < -0.39 is 61.5 Å². The number of nitrogens with zero attached hydrogens (tertiary/aromatic N) is 3. The molecule has 1 aromatic carbocycles. The number of nitro benzene ring substituents is 1. The lowest BCUT2D eigenvalue weighted by Crippen LogP contribution is -2.53. The van der Waals surface area contributed by atoms with E-state index in [1.165, 1.54) is 42.6 Å². The summed E-state index contributed by atoms with van der Waals surface area (Å²) in [4.78, 5) is 30.1. The lowest BCUT2D eigenvalue weighted by Gasteiger charge is -2.36. The highest BCUT2D eigenvalue weighted by atomic mass is 32.2. The van der Waals surface area contributed by atoms with Gasteiger partial charge >= 0.3 is 0 Å². The van der Waals surface area contributed by atoms with Gasteiger partial charge in [-0.3, -0.25) is 19.8 Å². The average molecular weight is 631 g/mol. The summed E-state index contributed by atoms with van der Waals surface area (Å²) in [6.07, 6.45) is 9.60. The number of benzene rings is 1. The van der Waals surface area contributed by atoms with Crippen LogP contribution in [0.2, 0.25) is 0 Å². The van der Waals surface area contributed by atoms with E-state index in [4.69, 9.17) is 10.5 Å². The molecule has 2 aliphatic rings. The maximum atomic E-state index is 14.3. The number of carbonyl (C=O) groups is 1. The van der Waals surface area contributed by atoms with Gasteiger partial charge in [-0.05, 0) is 62.2 Å². The molecule has 1 amide bonds. The fourth-order valence-corrected chi connectivity index (χ4v) is 7.52. The summed E-state index contributed by atoms with van der Waals surface area (Å²) in [5.41, 5.74) is 5.80. The summed E-state index contributed by atoms with van der Waals surface area (Å²) >= 11 is 0. The van der Waals surface area contributed by atoms with E-state index in [0.29, 0.717) is 43.5 Å². The molecule has 5 rings (SSSR count). The van der Waals surface area contributed by atoms with Crippen molar-refractivity contribution in [1.82, 2.24) is 14.9 Å². The van der Waals surface area contributed by atoms with Crippen LogP contribution in [0, 0.1) is 22.0 Å². The van der Waals surface area contributed by atoms with Crippen LogP contribution in [0.5, 0.6) is 5.75 Å². The van der Waals surface area contributed by atoms with Gasteiger partial charge in [0.05, 0.1) is 22.1 Å². The number of nitrogens with one attached hydrogen (secondary N) is 2. The molecule has 1 fully saturated rings. The number of H-pyrrole nitrogens is 1. The first-order valence-electron chi connectivity index (χ1n) is 14.0. The minimum Gasteiger partial charge on any atom is -0.464 e. The van der Waals surface area contributed by atoms with Gasteiger partial charge in [0.15, 0.2) is 0 Å². The summed E-state index contributed by atoms with van der Waals surface area (Å²) in [6, 6.07) is 5.94. The molecule has 1 aliphatic heterocycles. The van der Waals surface area contributed by atoms with Crippen molar-refractivity contribution in [1.29, 1.82) is 0 Å². The molecule has 2 aromatic heterocycles. The molecule has 3 aromatic rings. The number of fused-ring (bicyclic) bond motifs is 1. The summed E-state index contributed by atoms with van der Waals surface area (Å²) in [7, 11) is -4.68. The number of hydrogen-bond donors (Lipinski definition) is 3. The lowest BCUT2D eigenvalue weighted by atomic mass is 9.95. The lowest BCUT2D eigenvalue weighted by molar-refractivity contribution is -0.384. The minimum atomic E-state index is -4.68. The predicted molar refractivity (Wildman–Crippen MR) is 159 cm³/mol. The molecule has 234 valence electrons. The van der Waals surface area contributed by atoms with E-state index in [2.05, 4.69) is 15.3 Å². The Labute approximate surface area is 252 Å². The third-order valence-corrected chi connectivity index (χ3v) is 10.3. The summed E-state index contributed by atoms with van der Waals surface area (Å²) in [5.74, 6) is -2.33. The topological polar surface area (TPSA) is 174 Å². The maximum absolute atomic E-state index is 14.3. The van der Waals surface area contributed by atoms with E-state index in [0.717, 1.165) is 6.07 Å². The highest BCUT2D eigenvalue weighted by molar-refractivity contribution is 7.93. The number of likely N-dealkylation sites (tertiary alicyclic amines) is 1. The van der Waals surface area contributed by atoms with Gasteiger partial charge in [0.2, 0.25) is 20.7 Å². The number of anilines is 1. The SMILES string of the molecule is NC(=O)C1C=CC=CC1(Oc1cnc2[nH]ccc2c1)S(=O)(=O)c1ccc(NCC2CCN(C(CF)CF)CC2)c([N+](=O)[O-])c1. The van der Waals surface area contributed by atoms with Gasteiger partial charge in [-0.15, -0.1) is 0 Å². The van der Waals surface area contributed by atoms with Crippen molar-refractivity contribution in [3.8, 4) is 5.75 Å². The van der Waals surface area contributed by atoms with E-state index >= 15 is 0 Å². The first-order chi connectivity index (χ1) is 21.1. The van der Waals surface area contributed by atoms with Gasteiger partial charge in [0.25, 0.3) is 5.69 Å². The largest absolute Gasteiger partial charge is 0.464 e. The van der Waals surface area contributed by atoms with Crippen molar-refractivity contribution in [2.24, 2.45) is 17.6 Å². The number of ether oxygens (including phenoxy) is 1. The number of aromatic amines is 1. The van der Waals surface area contributed by atoms with Crippen molar-refractivity contribution in [2.75, 3.05) is 38.3 Å². The Balaban J connectivity index is 1.43. The fourth-order valence-electron chi connectivity index (χ4n) is 5.64. The number of hydrogen-bond acceptors (Lipinski definition) is 9. The quantitative estimate of drug-likeness (QED) is 0.199. The molecular weight excluding hydrogens is 598 g/mol. The Kier molecular flexibility index (Phi) is 8.97. The molecule has 3 heterocycles. The van der Waals surface area contributed by atoms with Crippen molar-refractivity contribution in [3.05, 3.63) is 77.1 Å². The van der Waals surface area contributed by atoms with E-state index in [-0.39, 0.29) is 17.4 Å². The van der Waals surface area contributed by atoms with Gasteiger partial charge < -0.3 is 20.8 Å². The number of allylic oxidation sites excluding steroid dienone is 2. The number of piperidine rings is 1. The number of amides is 1. The highest BCUT2D eigenvalue weighted by Gasteiger charge is 2.54. The van der Waals surface area contributed by atoms with E-state index in [9.17, 15) is 32.1 Å². The zero-order valence-corrected chi connectivity index (χ0v) is 24.4. The second-order valence-corrected chi connectivity index (χ2v) is 12.9. The van der Waals surface area contributed by atoms with Crippen molar-refractivity contribution >= 4 is 38.2 Å². The molecule has 12 nitrogen and oxygen atoms in total. The summed E-state index contributed by atoms with van der Waals surface area (Å²) in [5, 5.41) is 15.8. The van der Waals surface area contributed by atoms with E-state index in [1.807, 2.05) is 0 Å². The van der Waals surface area contributed by atoms with Crippen LogP contribution in [0.15, 0.2) is 71.9 Å². The predicted octanol–water partition coefficient (Wildman–Crippen LogP) is 3.68. The maximum Gasteiger partial charge on any atom is 0.293 e. The van der Waals surface area contributed by atoms with Gasteiger partial charge in [-0.1, -0.05) is 18.2 Å². The Morgan fingerprint density at radius 3 is 2.66 bits per heavy atom. The molecule has 44 heavy (non-hydrogen) atoms. The Hall–Kier alpha value is -4.37. The average Bonchev–Trinajstić information content (AvgIpc) is 3.49. The molecule has 0 spiro atoms. The molecule has 1 saturated heterocycles. The van der Waals surface area contributed by atoms with Crippen LogP contribution in [0.4, 0.5) is 20.2 Å². The van der Waals surface area contributed by atoms with Crippen molar-refractivity contribution < 1.29 is 31.7 Å². The van der Waals surface area contributed by atoms with E-state index in [1.54, 1.807) is 23.2 Å². The molecule has 0 radical (unpaired) electrons. The van der Waals surface area contributed by atoms with Gasteiger partial charge in [-0.25, -0.2) is 22.2 Å². The number of halogens is 2. The second-order valence-electron chi connectivity index (χ2n) is 10.8. The van der Waals surface area contributed by atoms with Crippen LogP contribution < -0.4 is 15.8 Å². The number of nitro groups is 1.